The SMILES string of the molecule is CCC(C)(CC)OC(=O)Cn1ccc(Br)n1. The zero-order valence-electron chi connectivity index (χ0n) is 9.86. The number of nitrogens with zero attached hydrogens (tertiary/aromatic N) is 2. The number of halogens is 1. The van der Waals surface area contributed by atoms with E-state index in [1.54, 1.807) is 16.9 Å². The zero-order valence-corrected chi connectivity index (χ0v) is 11.5. The van der Waals surface area contributed by atoms with Crippen LogP contribution in [0.4, 0.5) is 0 Å². The molecule has 0 aliphatic heterocycles. The Hall–Kier alpha value is -0.840. The fourth-order valence-electron chi connectivity index (χ4n) is 1.26. The van der Waals surface area contributed by atoms with E-state index < -0.39 is 0 Å². The van der Waals surface area contributed by atoms with Crippen LogP contribution in [0, 0.1) is 0 Å². The fraction of sp³-hybridized carbons (Fsp3) is 0.636. The molecule has 90 valence electrons. The summed E-state index contributed by atoms with van der Waals surface area (Å²) in [4.78, 5) is 11.7. The van der Waals surface area contributed by atoms with E-state index >= 15 is 0 Å². The van der Waals surface area contributed by atoms with Crippen molar-refractivity contribution >= 4 is 21.9 Å². The van der Waals surface area contributed by atoms with Crippen molar-refractivity contribution in [2.24, 2.45) is 0 Å². The molecule has 0 aliphatic carbocycles. The standard InChI is InChI=1S/C11H17BrN2O2/c1-4-11(3,5-2)16-10(15)8-14-7-6-9(12)13-14/h6-7H,4-5,8H2,1-3H3. The average Bonchev–Trinajstić information content (AvgIpc) is 2.63. The largest absolute Gasteiger partial charge is 0.458 e. The van der Waals surface area contributed by atoms with E-state index in [9.17, 15) is 4.79 Å². The van der Waals surface area contributed by atoms with Gasteiger partial charge in [-0.3, -0.25) is 9.48 Å². The van der Waals surface area contributed by atoms with Crippen LogP contribution < -0.4 is 0 Å². The minimum absolute atomic E-state index is 0.154. The van der Waals surface area contributed by atoms with Crippen molar-refractivity contribution in [1.82, 2.24) is 9.78 Å². The van der Waals surface area contributed by atoms with Crippen molar-refractivity contribution in [3.8, 4) is 0 Å². The van der Waals surface area contributed by atoms with Gasteiger partial charge in [0, 0.05) is 6.20 Å². The topological polar surface area (TPSA) is 44.1 Å². The first-order valence-corrected chi connectivity index (χ1v) is 6.19. The van der Waals surface area contributed by atoms with Gasteiger partial charge in [0.25, 0.3) is 0 Å². The molecule has 0 unspecified atom stereocenters. The summed E-state index contributed by atoms with van der Waals surface area (Å²) in [5, 5.41) is 4.06. The van der Waals surface area contributed by atoms with E-state index in [0.717, 1.165) is 12.8 Å². The van der Waals surface area contributed by atoms with Crippen LogP contribution in [0.3, 0.4) is 0 Å². The van der Waals surface area contributed by atoms with Gasteiger partial charge in [-0.25, -0.2) is 0 Å². The van der Waals surface area contributed by atoms with E-state index in [1.807, 2.05) is 20.8 Å². The maximum absolute atomic E-state index is 11.7. The van der Waals surface area contributed by atoms with E-state index in [1.165, 1.54) is 0 Å². The molecule has 0 atom stereocenters. The molecule has 5 heteroatoms. The lowest BCUT2D eigenvalue weighted by Crippen LogP contribution is -2.31. The third-order valence-corrected chi connectivity index (χ3v) is 3.18. The van der Waals surface area contributed by atoms with Crippen LogP contribution in [0.15, 0.2) is 16.9 Å². The van der Waals surface area contributed by atoms with E-state index in [-0.39, 0.29) is 18.1 Å². The molecule has 0 N–H and O–H groups in total. The van der Waals surface area contributed by atoms with Crippen LogP contribution in [0.1, 0.15) is 33.6 Å². The van der Waals surface area contributed by atoms with Crippen molar-refractivity contribution in [2.75, 3.05) is 0 Å². The quantitative estimate of drug-likeness (QED) is 0.783. The Morgan fingerprint density at radius 2 is 2.19 bits per heavy atom. The molecule has 0 amide bonds. The Morgan fingerprint density at radius 1 is 1.56 bits per heavy atom. The van der Waals surface area contributed by atoms with Gasteiger partial charge in [0.15, 0.2) is 0 Å². The Labute approximate surface area is 104 Å². The molecule has 0 saturated carbocycles. The zero-order chi connectivity index (χ0) is 12.2. The second-order valence-electron chi connectivity index (χ2n) is 3.97. The summed E-state index contributed by atoms with van der Waals surface area (Å²) in [6.07, 6.45) is 3.37. The van der Waals surface area contributed by atoms with Gasteiger partial charge in [0.2, 0.25) is 0 Å². The van der Waals surface area contributed by atoms with E-state index in [4.69, 9.17) is 4.74 Å². The molecule has 1 aromatic heterocycles. The van der Waals surface area contributed by atoms with Gasteiger partial charge in [-0.05, 0) is 41.8 Å². The lowest BCUT2D eigenvalue weighted by atomic mass is 10.0. The number of carbonyl (C=O) groups excluding carboxylic acids is 1. The van der Waals surface area contributed by atoms with Gasteiger partial charge in [-0.15, -0.1) is 0 Å². The van der Waals surface area contributed by atoms with Gasteiger partial charge in [-0.1, -0.05) is 13.8 Å². The second kappa shape index (κ2) is 5.48. The number of aromatic nitrogens is 2. The van der Waals surface area contributed by atoms with Crippen molar-refractivity contribution in [1.29, 1.82) is 0 Å². The van der Waals surface area contributed by atoms with Gasteiger partial charge >= 0.3 is 5.97 Å². The van der Waals surface area contributed by atoms with Gasteiger partial charge in [-0.2, -0.15) is 5.10 Å². The molecule has 1 aromatic rings. The monoisotopic (exact) mass is 288 g/mol. The highest BCUT2D eigenvalue weighted by atomic mass is 79.9. The first kappa shape index (κ1) is 13.2. The number of rotatable bonds is 5. The summed E-state index contributed by atoms with van der Waals surface area (Å²) in [5.74, 6) is -0.248. The summed E-state index contributed by atoms with van der Waals surface area (Å²) < 4.78 is 7.70. The van der Waals surface area contributed by atoms with Crippen LogP contribution in [-0.4, -0.2) is 21.4 Å². The first-order valence-electron chi connectivity index (χ1n) is 5.40. The normalized spacial score (nSPS) is 11.5. The number of ether oxygens (including phenoxy) is 1. The molecule has 0 aromatic carbocycles. The minimum atomic E-state index is -0.360. The average molecular weight is 289 g/mol. The predicted octanol–water partition coefficient (Wildman–Crippen LogP) is 2.77. The third kappa shape index (κ3) is 3.63. The van der Waals surface area contributed by atoms with Gasteiger partial charge < -0.3 is 4.74 Å². The maximum Gasteiger partial charge on any atom is 0.328 e. The number of esters is 1. The molecule has 1 rings (SSSR count). The Kier molecular flexibility index (Phi) is 4.53. The van der Waals surface area contributed by atoms with Crippen molar-refractivity contribution in [2.45, 2.75) is 45.8 Å². The third-order valence-electron chi connectivity index (χ3n) is 2.76. The fourth-order valence-corrected chi connectivity index (χ4v) is 1.58. The first-order chi connectivity index (χ1) is 7.49. The van der Waals surface area contributed by atoms with Crippen LogP contribution in [0.2, 0.25) is 0 Å². The highest BCUT2D eigenvalue weighted by molar-refractivity contribution is 9.10. The summed E-state index contributed by atoms with van der Waals surface area (Å²) >= 11 is 3.23. The molecule has 0 aliphatic rings. The molecular weight excluding hydrogens is 272 g/mol. The molecule has 0 saturated heterocycles. The number of hydrogen-bond acceptors (Lipinski definition) is 3. The van der Waals surface area contributed by atoms with Crippen molar-refractivity contribution < 1.29 is 9.53 Å². The molecule has 16 heavy (non-hydrogen) atoms. The Morgan fingerprint density at radius 3 is 2.62 bits per heavy atom. The van der Waals surface area contributed by atoms with Crippen LogP contribution >= 0.6 is 15.9 Å². The summed E-state index contributed by atoms with van der Waals surface area (Å²) in [6, 6.07) is 1.78. The molecule has 0 radical (unpaired) electrons. The Balaban J connectivity index is 2.53. The molecule has 1 heterocycles. The lowest BCUT2D eigenvalue weighted by Gasteiger charge is -2.26. The van der Waals surface area contributed by atoms with Crippen LogP contribution in [0.5, 0.6) is 0 Å². The lowest BCUT2D eigenvalue weighted by molar-refractivity contribution is -0.159. The molecule has 0 spiro atoms. The number of carbonyl (C=O) groups is 1. The summed E-state index contributed by atoms with van der Waals surface area (Å²) in [6.45, 7) is 6.13. The van der Waals surface area contributed by atoms with Crippen LogP contribution in [0.25, 0.3) is 0 Å². The second-order valence-corrected chi connectivity index (χ2v) is 4.78. The summed E-state index contributed by atoms with van der Waals surface area (Å²) in [5.41, 5.74) is -0.360. The van der Waals surface area contributed by atoms with Crippen LogP contribution in [-0.2, 0) is 16.1 Å². The Bertz CT molecular complexity index is 359. The van der Waals surface area contributed by atoms with Gasteiger partial charge in [0.05, 0.1) is 0 Å². The molecule has 4 nitrogen and oxygen atoms in total. The number of hydrogen-bond donors (Lipinski definition) is 0. The maximum atomic E-state index is 11.7. The van der Waals surface area contributed by atoms with Crippen molar-refractivity contribution in [3.63, 3.8) is 0 Å². The highest BCUT2D eigenvalue weighted by Crippen LogP contribution is 2.19. The van der Waals surface area contributed by atoms with Crippen molar-refractivity contribution in [3.05, 3.63) is 16.9 Å². The highest BCUT2D eigenvalue weighted by Gasteiger charge is 2.24. The summed E-state index contributed by atoms with van der Waals surface area (Å²) in [7, 11) is 0. The smallest absolute Gasteiger partial charge is 0.328 e. The predicted molar refractivity (Wildman–Crippen MR) is 65.0 cm³/mol. The van der Waals surface area contributed by atoms with E-state index in [0.29, 0.717) is 4.60 Å². The molecular formula is C11H17BrN2O2. The molecule has 0 bridgehead atoms. The van der Waals surface area contributed by atoms with E-state index in [2.05, 4.69) is 21.0 Å². The van der Waals surface area contributed by atoms with Gasteiger partial charge in [0.1, 0.15) is 16.7 Å². The molecule has 0 fully saturated rings. The minimum Gasteiger partial charge on any atom is -0.458 e.